The van der Waals surface area contributed by atoms with Gasteiger partial charge in [-0.15, -0.1) is 0 Å². The molecule has 2 rings (SSSR count). The summed E-state index contributed by atoms with van der Waals surface area (Å²) >= 11 is 0. The largest absolute Gasteiger partial charge is 0.392 e. The fourth-order valence-corrected chi connectivity index (χ4v) is 4.06. The minimum atomic E-state index is -3.46. The Hall–Kier alpha value is -0.950. The maximum absolute atomic E-state index is 12.7. The number of hydrogen-bond acceptors (Lipinski definition) is 4. The third-order valence-electron chi connectivity index (χ3n) is 4.13. The molecule has 0 spiro atoms. The summed E-state index contributed by atoms with van der Waals surface area (Å²) in [4.78, 5) is 2.55. The van der Waals surface area contributed by atoms with Crippen LogP contribution in [-0.2, 0) is 16.6 Å². The molecule has 1 aromatic carbocycles. The minimum absolute atomic E-state index is 0.143. The number of benzene rings is 1. The van der Waals surface area contributed by atoms with E-state index in [1.807, 2.05) is 6.92 Å². The van der Waals surface area contributed by atoms with Crippen LogP contribution in [0.5, 0.6) is 0 Å². The molecule has 0 bridgehead atoms. The molecule has 0 saturated carbocycles. The van der Waals surface area contributed by atoms with Gasteiger partial charge >= 0.3 is 0 Å². The van der Waals surface area contributed by atoms with Crippen LogP contribution in [0.3, 0.4) is 0 Å². The number of hydrogen-bond donors (Lipinski definition) is 1. The van der Waals surface area contributed by atoms with Gasteiger partial charge in [0.1, 0.15) is 0 Å². The highest BCUT2D eigenvalue weighted by Gasteiger charge is 2.29. The molecule has 1 aliphatic heterocycles. The molecule has 1 fully saturated rings. The Morgan fingerprint density at radius 2 is 1.81 bits per heavy atom. The van der Waals surface area contributed by atoms with Crippen LogP contribution < -0.4 is 0 Å². The van der Waals surface area contributed by atoms with Crippen molar-refractivity contribution in [3.63, 3.8) is 0 Å². The van der Waals surface area contributed by atoms with E-state index < -0.39 is 10.0 Å². The van der Waals surface area contributed by atoms with Crippen molar-refractivity contribution in [2.45, 2.75) is 38.3 Å². The molecule has 1 heterocycles. The SMILES string of the molecule is Cc1ccc(S(=O)(=O)N2CCN(C(C)C)CC2)cc1CO. The maximum Gasteiger partial charge on any atom is 0.243 e. The molecular weight excluding hydrogens is 288 g/mol. The van der Waals surface area contributed by atoms with Gasteiger partial charge in [-0.25, -0.2) is 8.42 Å². The highest BCUT2D eigenvalue weighted by molar-refractivity contribution is 7.89. The van der Waals surface area contributed by atoms with Crippen LogP contribution in [0.4, 0.5) is 0 Å². The zero-order valence-corrected chi connectivity index (χ0v) is 13.7. The van der Waals surface area contributed by atoms with Crippen LogP contribution in [0.25, 0.3) is 0 Å². The summed E-state index contributed by atoms with van der Waals surface area (Å²) in [5, 5.41) is 9.30. The number of aliphatic hydroxyl groups excluding tert-OH is 1. The van der Waals surface area contributed by atoms with Crippen molar-refractivity contribution in [1.82, 2.24) is 9.21 Å². The molecule has 0 unspecified atom stereocenters. The van der Waals surface area contributed by atoms with E-state index >= 15 is 0 Å². The van der Waals surface area contributed by atoms with Crippen molar-refractivity contribution < 1.29 is 13.5 Å². The smallest absolute Gasteiger partial charge is 0.243 e. The molecule has 0 aliphatic carbocycles. The van der Waals surface area contributed by atoms with E-state index in [4.69, 9.17) is 0 Å². The normalized spacial score (nSPS) is 18.3. The Balaban J connectivity index is 2.19. The summed E-state index contributed by atoms with van der Waals surface area (Å²) in [5.74, 6) is 0. The Bertz CT molecular complexity index is 591. The Morgan fingerprint density at radius 3 is 2.33 bits per heavy atom. The number of aryl methyl sites for hydroxylation is 1. The second kappa shape index (κ2) is 6.44. The predicted octanol–water partition coefficient (Wildman–Crippen LogP) is 1.20. The van der Waals surface area contributed by atoms with Gasteiger partial charge in [0.15, 0.2) is 0 Å². The second-order valence-corrected chi connectivity index (χ2v) is 7.72. The highest BCUT2D eigenvalue weighted by atomic mass is 32.2. The Labute approximate surface area is 127 Å². The topological polar surface area (TPSA) is 60.9 Å². The van der Waals surface area contributed by atoms with Gasteiger partial charge in [0, 0.05) is 32.2 Å². The molecule has 0 radical (unpaired) electrons. The predicted molar refractivity (Wildman–Crippen MR) is 82.6 cm³/mol. The number of piperazine rings is 1. The van der Waals surface area contributed by atoms with Crippen LogP contribution in [0.15, 0.2) is 23.1 Å². The average molecular weight is 312 g/mol. The fraction of sp³-hybridized carbons (Fsp3) is 0.600. The lowest BCUT2D eigenvalue weighted by molar-refractivity contribution is 0.154. The van der Waals surface area contributed by atoms with E-state index in [-0.39, 0.29) is 11.5 Å². The summed E-state index contributed by atoms with van der Waals surface area (Å²) in [5.41, 5.74) is 1.57. The third-order valence-corrected chi connectivity index (χ3v) is 6.03. The van der Waals surface area contributed by atoms with Gasteiger partial charge in [0.2, 0.25) is 10.0 Å². The van der Waals surface area contributed by atoms with Gasteiger partial charge in [0.25, 0.3) is 0 Å². The van der Waals surface area contributed by atoms with Crippen molar-refractivity contribution >= 4 is 10.0 Å². The summed E-state index contributed by atoms with van der Waals surface area (Å²) in [6, 6.07) is 5.40. The van der Waals surface area contributed by atoms with Gasteiger partial charge in [-0.1, -0.05) is 6.07 Å². The maximum atomic E-state index is 12.7. The number of sulfonamides is 1. The van der Waals surface area contributed by atoms with Crippen LogP contribution in [0, 0.1) is 6.92 Å². The number of aliphatic hydroxyl groups is 1. The molecule has 0 aromatic heterocycles. The Kier molecular flexibility index (Phi) is 5.03. The summed E-state index contributed by atoms with van der Waals surface area (Å²) in [6.45, 7) is 8.52. The van der Waals surface area contributed by atoms with Crippen LogP contribution in [-0.4, -0.2) is 55.0 Å². The highest BCUT2D eigenvalue weighted by Crippen LogP contribution is 2.21. The molecule has 6 heteroatoms. The molecule has 118 valence electrons. The molecule has 0 atom stereocenters. The first-order valence-corrected chi connectivity index (χ1v) is 8.75. The van der Waals surface area contributed by atoms with Gasteiger partial charge < -0.3 is 5.11 Å². The van der Waals surface area contributed by atoms with Gasteiger partial charge in [0.05, 0.1) is 11.5 Å². The van der Waals surface area contributed by atoms with E-state index in [1.54, 1.807) is 18.2 Å². The quantitative estimate of drug-likeness (QED) is 0.907. The molecular formula is C15H24N2O3S. The van der Waals surface area contributed by atoms with Gasteiger partial charge in [-0.3, -0.25) is 4.90 Å². The molecule has 1 aromatic rings. The molecule has 1 aliphatic rings. The average Bonchev–Trinajstić information content (AvgIpc) is 2.47. The second-order valence-electron chi connectivity index (χ2n) is 5.78. The minimum Gasteiger partial charge on any atom is -0.392 e. The van der Waals surface area contributed by atoms with Crippen molar-refractivity contribution in [3.05, 3.63) is 29.3 Å². The van der Waals surface area contributed by atoms with E-state index in [9.17, 15) is 13.5 Å². The Morgan fingerprint density at radius 1 is 1.19 bits per heavy atom. The van der Waals surface area contributed by atoms with Crippen LogP contribution in [0.2, 0.25) is 0 Å². The monoisotopic (exact) mass is 312 g/mol. The number of nitrogens with zero attached hydrogens (tertiary/aromatic N) is 2. The lowest BCUT2D eigenvalue weighted by atomic mass is 10.1. The molecule has 1 N–H and O–H groups in total. The van der Waals surface area contributed by atoms with E-state index in [2.05, 4.69) is 18.7 Å². The summed E-state index contributed by atoms with van der Waals surface area (Å²) in [6.07, 6.45) is 0. The van der Waals surface area contributed by atoms with Crippen molar-refractivity contribution in [1.29, 1.82) is 0 Å². The first kappa shape index (κ1) is 16.4. The van der Waals surface area contributed by atoms with Crippen molar-refractivity contribution in [2.24, 2.45) is 0 Å². The van der Waals surface area contributed by atoms with Crippen LogP contribution >= 0.6 is 0 Å². The fourth-order valence-electron chi connectivity index (χ4n) is 2.59. The molecule has 21 heavy (non-hydrogen) atoms. The zero-order chi connectivity index (χ0) is 15.6. The molecule has 0 amide bonds. The van der Waals surface area contributed by atoms with E-state index in [0.29, 0.717) is 24.7 Å². The molecule has 1 saturated heterocycles. The molecule has 5 nitrogen and oxygen atoms in total. The lowest BCUT2D eigenvalue weighted by Gasteiger charge is -2.36. The zero-order valence-electron chi connectivity index (χ0n) is 12.9. The summed E-state index contributed by atoms with van der Waals surface area (Å²) in [7, 11) is -3.46. The first-order chi connectivity index (χ1) is 9.86. The van der Waals surface area contributed by atoms with Crippen molar-refractivity contribution in [2.75, 3.05) is 26.2 Å². The van der Waals surface area contributed by atoms with Gasteiger partial charge in [-0.05, 0) is 44.0 Å². The van der Waals surface area contributed by atoms with Crippen molar-refractivity contribution in [3.8, 4) is 0 Å². The standard InChI is InChI=1S/C15H24N2O3S/c1-12(2)16-6-8-17(9-7-16)21(19,20)15-5-4-13(3)14(10-15)11-18/h4-5,10,12,18H,6-9,11H2,1-3H3. The number of rotatable bonds is 4. The summed E-state index contributed by atoms with van der Waals surface area (Å²) < 4.78 is 26.9. The van der Waals surface area contributed by atoms with E-state index in [1.165, 1.54) is 4.31 Å². The lowest BCUT2D eigenvalue weighted by Crippen LogP contribution is -2.50. The third kappa shape index (κ3) is 3.45. The van der Waals surface area contributed by atoms with E-state index in [0.717, 1.165) is 18.7 Å². The first-order valence-electron chi connectivity index (χ1n) is 7.31. The van der Waals surface area contributed by atoms with Gasteiger partial charge in [-0.2, -0.15) is 4.31 Å². The van der Waals surface area contributed by atoms with Crippen LogP contribution in [0.1, 0.15) is 25.0 Å².